The molecule has 2 atom stereocenters. The van der Waals surface area contributed by atoms with Gasteiger partial charge in [-0.1, -0.05) is 26.3 Å². The number of nitrogens with two attached hydrogens (primary N) is 1. The predicted octanol–water partition coefficient (Wildman–Crippen LogP) is 2.19. The number of nitrogens with zero attached hydrogens (tertiary/aromatic N) is 2. The molecule has 0 aliphatic carbocycles. The van der Waals surface area contributed by atoms with Gasteiger partial charge in [0.15, 0.2) is 0 Å². The van der Waals surface area contributed by atoms with E-state index in [0.717, 1.165) is 38.5 Å². The van der Waals surface area contributed by atoms with Crippen LogP contribution in [0.4, 0.5) is 5.69 Å². The fraction of sp³-hybridized carbons (Fsp3) is 0.647. The molecule has 0 aromatic heterocycles. The number of anilines is 1. The molecule has 1 fully saturated rings. The summed E-state index contributed by atoms with van der Waals surface area (Å²) in [5.74, 6) is 1.59. The Morgan fingerprint density at radius 2 is 1.95 bits per heavy atom. The van der Waals surface area contributed by atoms with E-state index in [0.29, 0.717) is 12.0 Å². The molecule has 1 aliphatic rings. The molecular weight excluding hydrogens is 262 g/mol. The Balaban J connectivity index is 1.96. The highest BCUT2D eigenvalue weighted by Gasteiger charge is 2.26. The van der Waals surface area contributed by atoms with E-state index in [1.54, 1.807) is 7.11 Å². The lowest BCUT2D eigenvalue weighted by Gasteiger charge is -2.42. The highest BCUT2D eigenvalue weighted by Crippen LogP contribution is 2.23. The summed E-state index contributed by atoms with van der Waals surface area (Å²) in [5.41, 5.74) is 7.24. The molecule has 0 radical (unpaired) electrons. The molecule has 2 N–H and O–H groups in total. The maximum Gasteiger partial charge on any atom is 0.120 e. The molecule has 4 nitrogen and oxygen atoms in total. The predicted molar refractivity (Wildman–Crippen MR) is 89.1 cm³/mol. The zero-order valence-electron chi connectivity index (χ0n) is 13.6. The third-order valence-corrected chi connectivity index (χ3v) is 4.74. The van der Waals surface area contributed by atoms with Crippen LogP contribution in [-0.4, -0.2) is 50.8 Å². The fourth-order valence-electron chi connectivity index (χ4n) is 3.13. The number of methoxy groups -OCH3 is 1. The monoisotopic (exact) mass is 291 g/mol. The van der Waals surface area contributed by atoms with Gasteiger partial charge < -0.3 is 15.4 Å². The molecule has 1 aromatic carbocycles. The van der Waals surface area contributed by atoms with Crippen LogP contribution in [-0.2, 0) is 0 Å². The lowest BCUT2D eigenvalue weighted by atomic mass is 9.97. The number of hydrogen-bond acceptors (Lipinski definition) is 4. The van der Waals surface area contributed by atoms with Crippen LogP contribution in [0.15, 0.2) is 24.3 Å². The summed E-state index contributed by atoms with van der Waals surface area (Å²) in [4.78, 5) is 4.99. The van der Waals surface area contributed by atoms with Gasteiger partial charge in [-0.05, 0) is 18.1 Å². The van der Waals surface area contributed by atoms with Crippen LogP contribution in [0, 0.1) is 5.92 Å². The molecule has 0 bridgehead atoms. The van der Waals surface area contributed by atoms with Crippen LogP contribution in [0.1, 0.15) is 20.3 Å². The van der Waals surface area contributed by atoms with Gasteiger partial charge in [0.1, 0.15) is 5.75 Å². The molecule has 1 aromatic rings. The standard InChI is InChI=1S/C17H29N3O/c1-4-14(2)17(13-18)20-10-8-19(9-11-20)15-6-5-7-16(12-15)21-3/h5-7,12,14,17H,4,8-11,13,18H2,1-3H3. The SMILES string of the molecule is CCC(C)C(CN)N1CCN(c2cccc(OC)c2)CC1. The number of hydrogen-bond donors (Lipinski definition) is 1. The summed E-state index contributed by atoms with van der Waals surface area (Å²) in [6.07, 6.45) is 1.19. The third kappa shape index (κ3) is 3.89. The Morgan fingerprint density at radius 3 is 2.52 bits per heavy atom. The molecule has 1 heterocycles. The van der Waals surface area contributed by atoms with Crippen molar-refractivity contribution in [2.24, 2.45) is 11.7 Å². The number of piperazine rings is 1. The van der Waals surface area contributed by atoms with Crippen molar-refractivity contribution >= 4 is 5.69 Å². The van der Waals surface area contributed by atoms with Gasteiger partial charge in [0, 0.05) is 50.5 Å². The van der Waals surface area contributed by atoms with Crippen molar-refractivity contribution in [3.63, 3.8) is 0 Å². The molecule has 1 saturated heterocycles. The van der Waals surface area contributed by atoms with Crippen molar-refractivity contribution in [3.05, 3.63) is 24.3 Å². The van der Waals surface area contributed by atoms with E-state index in [9.17, 15) is 0 Å². The zero-order valence-corrected chi connectivity index (χ0v) is 13.6. The Labute approximate surface area is 128 Å². The molecule has 1 aliphatic heterocycles. The first-order valence-electron chi connectivity index (χ1n) is 8.02. The quantitative estimate of drug-likeness (QED) is 0.872. The summed E-state index contributed by atoms with van der Waals surface area (Å²) >= 11 is 0. The molecular formula is C17H29N3O. The van der Waals surface area contributed by atoms with E-state index >= 15 is 0 Å². The molecule has 118 valence electrons. The molecule has 0 saturated carbocycles. The van der Waals surface area contributed by atoms with Crippen molar-refractivity contribution in [2.45, 2.75) is 26.3 Å². The van der Waals surface area contributed by atoms with Crippen molar-refractivity contribution in [2.75, 3.05) is 44.7 Å². The normalized spacial score (nSPS) is 19.3. The van der Waals surface area contributed by atoms with Gasteiger partial charge >= 0.3 is 0 Å². The zero-order chi connectivity index (χ0) is 15.2. The topological polar surface area (TPSA) is 41.7 Å². The van der Waals surface area contributed by atoms with Crippen LogP contribution < -0.4 is 15.4 Å². The largest absolute Gasteiger partial charge is 0.497 e. The van der Waals surface area contributed by atoms with Crippen molar-refractivity contribution in [1.82, 2.24) is 4.90 Å². The fourth-order valence-corrected chi connectivity index (χ4v) is 3.13. The number of benzene rings is 1. The first-order valence-corrected chi connectivity index (χ1v) is 8.02. The average Bonchev–Trinajstić information content (AvgIpc) is 2.56. The number of rotatable bonds is 6. The minimum absolute atomic E-state index is 0.516. The molecule has 21 heavy (non-hydrogen) atoms. The Morgan fingerprint density at radius 1 is 1.24 bits per heavy atom. The lowest BCUT2D eigenvalue weighted by Crippen LogP contribution is -2.54. The molecule has 2 unspecified atom stereocenters. The van der Waals surface area contributed by atoms with Crippen LogP contribution >= 0.6 is 0 Å². The van der Waals surface area contributed by atoms with E-state index in [1.165, 1.54) is 12.1 Å². The van der Waals surface area contributed by atoms with E-state index in [-0.39, 0.29) is 0 Å². The first-order chi connectivity index (χ1) is 10.2. The van der Waals surface area contributed by atoms with Gasteiger partial charge in [0.25, 0.3) is 0 Å². The van der Waals surface area contributed by atoms with Gasteiger partial charge in [-0.25, -0.2) is 0 Å². The maximum absolute atomic E-state index is 5.99. The summed E-state index contributed by atoms with van der Waals surface area (Å²) < 4.78 is 5.31. The second-order valence-corrected chi connectivity index (χ2v) is 5.91. The molecule has 0 amide bonds. The minimum atomic E-state index is 0.516. The van der Waals surface area contributed by atoms with Gasteiger partial charge in [-0.2, -0.15) is 0 Å². The highest BCUT2D eigenvalue weighted by molar-refractivity contribution is 5.51. The van der Waals surface area contributed by atoms with Gasteiger partial charge in [0.2, 0.25) is 0 Å². The van der Waals surface area contributed by atoms with Gasteiger partial charge in [-0.3, -0.25) is 4.90 Å². The summed E-state index contributed by atoms with van der Waals surface area (Å²) in [6, 6.07) is 8.84. The van der Waals surface area contributed by atoms with E-state index in [1.807, 2.05) is 6.07 Å². The molecule has 0 spiro atoms. The second kappa shape index (κ2) is 7.66. The van der Waals surface area contributed by atoms with Crippen molar-refractivity contribution < 1.29 is 4.74 Å². The smallest absolute Gasteiger partial charge is 0.120 e. The van der Waals surface area contributed by atoms with Crippen molar-refractivity contribution in [1.29, 1.82) is 0 Å². The lowest BCUT2D eigenvalue weighted by molar-refractivity contribution is 0.142. The summed E-state index contributed by atoms with van der Waals surface area (Å²) in [5, 5.41) is 0. The first kappa shape index (κ1) is 16.1. The highest BCUT2D eigenvalue weighted by atomic mass is 16.5. The second-order valence-electron chi connectivity index (χ2n) is 5.91. The van der Waals surface area contributed by atoms with Crippen LogP contribution in [0.3, 0.4) is 0 Å². The minimum Gasteiger partial charge on any atom is -0.497 e. The van der Waals surface area contributed by atoms with Crippen LogP contribution in [0.2, 0.25) is 0 Å². The molecule has 4 heteroatoms. The Bertz CT molecular complexity index is 430. The van der Waals surface area contributed by atoms with Crippen molar-refractivity contribution in [3.8, 4) is 5.75 Å². The van der Waals surface area contributed by atoms with Crippen LogP contribution in [0.5, 0.6) is 5.75 Å². The molecule has 2 rings (SSSR count). The van der Waals surface area contributed by atoms with E-state index in [4.69, 9.17) is 10.5 Å². The van der Waals surface area contributed by atoms with Gasteiger partial charge in [-0.15, -0.1) is 0 Å². The van der Waals surface area contributed by atoms with Gasteiger partial charge in [0.05, 0.1) is 7.11 Å². The third-order valence-electron chi connectivity index (χ3n) is 4.74. The van der Waals surface area contributed by atoms with Crippen LogP contribution in [0.25, 0.3) is 0 Å². The van der Waals surface area contributed by atoms with E-state index in [2.05, 4.69) is 41.8 Å². The maximum atomic E-state index is 5.99. The number of ether oxygens (including phenoxy) is 1. The summed E-state index contributed by atoms with van der Waals surface area (Å²) in [6.45, 7) is 9.60. The summed E-state index contributed by atoms with van der Waals surface area (Å²) in [7, 11) is 1.72. The Hall–Kier alpha value is -1.26. The van der Waals surface area contributed by atoms with E-state index < -0.39 is 0 Å². The average molecular weight is 291 g/mol. The Kier molecular flexibility index (Phi) is 5.88.